The van der Waals surface area contributed by atoms with Crippen LogP contribution >= 0.6 is 0 Å². The Morgan fingerprint density at radius 3 is 2.92 bits per heavy atom. The van der Waals surface area contributed by atoms with E-state index in [2.05, 4.69) is 25.0 Å². The number of imidazole rings is 1. The van der Waals surface area contributed by atoms with Gasteiger partial charge in [0.25, 0.3) is 0 Å². The monoisotopic (exact) mass is 163 g/mol. The first-order chi connectivity index (χ1) is 5.69. The summed E-state index contributed by atoms with van der Waals surface area (Å²) in [5.41, 5.74) is 0.909. The van der Waals surface area contributed by atoms with Crippen molar-refractivity contribution in [1.29, 1.82) is 5.26 Å². The lowest BCUT2D eigenvalue weighted by atomic mass is 10.1. The molecule has 0 radical (unpaired) electrons. The summed E-state index contributed by atoms with van der Waals surface area (Å²) in [4.78, 5) is 4.29. The molecule has 0 fully saturated rings. The first-order valence-corrected chi connectivity index (χ1v) is 4.15. The van der Waals surface area contributed by atoms with E-state index >= 15 is 0 Å². The summed E-state index contributed by atoms with van der Waals surface area (Å²) >= 11 is 0. The van der Waals surface area contributed by atoms with Crippen LogP contribution in [0.2, 0.25) is 0 Å². The van der Waals surface area contributed by atoms with Gasteiger partial charge in [0.1, 0.15) is 5.82 Å². The lowest BCUT2D eigenvalue weighted by Crippen LogP contribution is -2.01. The Hall–Kier alpha value is -1.30. The van der Waals surface area contributed by atoms with Gasteiger partial charge in [-0.3, -0.25) is 0 Å². The van der Waals surface area contributed by atoms with Crippen molar-refractivity contribution in [2.75, 3.05) is 0 Å². The van der Waals surface area contributed by atoms with Crippen LogP contribution in [0.15, 0.2) is 6.20 Å². The fourth-order valence-corrected chi connectivity index (χ4v) is 1.13. The van der Waals surface area contributed by atoms with E-state index in [-0.39, 0.29) is 0 Å². The fourth-order valence-electron chi connectivity index (χ4n) is 1.13. The van der Waals surface area contributed by atoms with Crippen LogP contribution in [0.4, 0.5) is 0 Å². The Labute approximate surface area is 72.7 Å². The Bertz CT molecular complexity index is 306. The molecule has 3 nitrogen and oxygen atoms in total. The lowest BCUT2D eigenvalue weighted by molar-refractivity contribution is 0.667. The van der Waals surface area contributed by atoms with Crippen molar-refractivity contribution >= 4 is 0 Å². The summed E-state index contributed by atoms with van der Waals surface area (Å²) in [5, 5.41) is 8.75. The highest BCUT2D eigenvalue weighted by Gasteiger charge is 2.10. The standard InChI is InChI=1S/C9H13N3/c1-4-7(2)9-11-8(3)5-12(9)6-10/h5,7H,4H2,1-3H3. The third-order valence-corrected chi connectivity index (χ3v) is 2.01. The average Bonchev–Trinajstić information content (AvgIpc) is 2.45. The second-order valence-electron chi connectivity index (χ2n) is 3.02. The average molecular weight is 163 g/mol. The molecule has 0 aliphatic carbocycles. The maximum atomic E-state index is 8.75. The molecule has 3 heteroatoms. The number of hydrogen-bond acceptors (Lipinski definition) is 2. The van der Waals surface area contributed by atoms with Gasteiger partial charge in [0.2, 0.25) is 0 Å². The second-order valence-corrected chi connectivity index (χ2v) is 3.02. The molecule has 0 aromatic carbocycles. The van der Waals surface area contributed by atoms with Crippen LogP contribution in [0.5, 0.6) is 0 Å². The third kappa shape index (κ3) is 1.48. The van der Waals surface area contributed by atoms with Gasteiger partial charge in [-0.05, 0) is 13.3 Å². The van der Waals surface area contributed by atoms with Gasteiger partial charge < -0.3 is 0 Å². The van der Waals surface area contributed by atoms with Crippen molar-refractivity contribution in [3.05, 3.63) is 17.7 Å². The quantitative estimate of drug-likeness (QED) is 0.669. The summed E-state index contributed by atoms with van der Waals surface area (Å²) in [7, 11) is 0. The minimum atomic E-state index is 0.360. The highest BCUT2D eigenvalue weighted by molar-refractivity contribution is 5.10. The van der Waals surface area contributed by atoms with E-state index in [0.29, 0.717) is 5.92 Å². The van der Waals surface area contributed by atoms with Gasteiger partial charge in [0.15, 0.2) is 6.19 Å². The molecule has 0 saturated carbocycles. The molecule has 12 heavy (non-hydrogen) atoms. The Balaban J connectivity index is 3.06. The molecule has 1 aromatic heterocycles. The van der Waals surface area contributed by atoms with Gasteiger partial charge in [-0.2, -0.15) is 5.26 Å². The van der Waals surface area contributed by atoms with E-state index in [0.717, 1.165) is 17.9 Å². The largest absolute Gasteiger partial charge is 0.240 e. The van der Waals surface area contributed by atoms with Crippen LogP contribution in [0.25, 0.3) is 0 Å². The van der Waals surface area contributed by atoms with Crippen molar-refractivity contribution in [1.82, 2.24) is 9.55 Å². The van der Waals surface area contributed by atoms with E-state index in [9.17, 15) is 0 Å². The highest BCUT2D eigenvalue weighted by Crippen LogP contribution is 2.16. The smallest absolute Gasteiger partial charge is 0.189 e. The predicted octanol–water partition coefficient (Wildman–Crippen LogP) is 2.03. The zero-order valence-electron chi connectivity index (χ0n) is 7.70. The number of nitriles is 1. The predicted molar refractivity (Wildman–Crippen MR) is 46.7 cm³/mol. The molecule has 1 unspecified atom stereocenters. The van der Waals surface area contributed by atoms with Crippen LogP contribution in [-0.2, 0) is 0 Å². The van der Waals surface area contributed by atoms with Crippen LogP contribution < -0.4 is 0 Å². The number of rotatable bonds is 2. The summed E-state index contributed by atoms with van der Waals surface area (Å²) in [6, 6.07) is 0. The summed E-state index contributed by atoms with van der Waals surface area (Å²) < 4.78 is 1.55. The molecule has 0 aliphatic heterocycles. The van der Waals surface area contributed by atoms with Crippen molar-refractivity contribution in [3.8, 4) is 6.19 Å². The topological polar surface area (TPSA) is 41.6 Å². The van der Waals surface area contributed by atoms with Gasteiger partial charge in [-0.1, -0.05) is 13.8 Å². The van der Waals surface area contributed by atoms with Crippen molar-refractivity contribution in [3.63, 3.8) is 0 Å². The molecule has 0 spiro atoms. The Kier molecular flexibility index (Phi) is 2.49. The fraction of sp³-hybridized carbons (Fsp3) is 0.556. The Morgan fingerprint density at radius 2 is 2.42 bits per heavy atom. The van der Waals surface area contributed by atoms with E-state index in [1.165, 1.54) is 0 Å². The van der Waals surface area contributed by atoms with E-state index in [1.54, 1.807) is 10.8 Å². The van der Waals surface area contributed by atoms with Gasteiger partial charge in [0.05, 0.1) is 5.69 Å². The van der Waals surface area contributed by atoms with Crippen LogP contribution in [-0.4, -0.2) is 9.55 Å². The molecule has 0 bridgehead atoms. The van der Waals surface area contributed by atoms with Crippen molar-refractivity contribution in [2.45, 2.75) is 33.1 Å². The lowest BCUT2D eigenvalue weighted by Gasteiger charge is -2.05. The van der Waals surface area contributed by atoms with Crippen LogP contribution in [0.3, 0.4) is 0 Å². The SMILES string of the molecule is CCC(C)c1nc(C)cn1C#N. The van der Waals surface area contributed by atoms with Crippen LogP contribution in [0, 0.1) is 18.4 Å². The number of nitrogens with zero attached hydrogens (tertiary/aromatic N) is 3. The molecule has 0 amide bonds. The summed E-state index contributed by atoms with van der Waals surface area (Å²) in [5.74, 6) is 1.23. The van der Waals surface area contributed by atoms with E-state index in [1.807, 2.05) is 6.92 Å². The maximum absolute atomic E-state index is 8.75. The summed E-state index contributed by atoms with van der Waals surface area (Å²) in [6.45, 7) is 6.08. The number of hydrogen-bond donors (Lipinski definition) is 0. The minimum absolute atomic E-state index is 0.360. The number of aromatic nitrogens is 2. The molecule has 0 N–H and O–H groups in total. The zero-order chi connectivity index (χ0) is 9.14. The van der Waals surface area contributed by atoms with Gasteiger partial charge in [-0.15, -0.1) is 0 Å². The molecule has 1 atom stereocenters. The minimum Gasteiger partial charge on any atom is -0.240 e. The third-order valence-electron chi connectivity index (χ3n) is 2.01. The van der Waals surface area contributed by atoms with Crippen LogP contribution in [0.1, 0.15) is 37.7 Å². The zero-order valence-corrected chi connectivity index (χ0v) is 7.70. The first-order valence-electron chi connectivity index (χ1n) is 4.15. The number of aryl methyl sites for hydroxylation is 1. The van der Waals surface area contributed by atoms with Crippen molar-refractivity contribution < 1.29 is 0 Å². The Morgan fingerprint density at radius 1 is 1.75 bits per heavy atom. The van der Waals surface area contributed by atoms with Gasteiger partial charge >= 0.3 is 0 Å². The van der Waals surface area contributed by atoms with Gasteiger partial charge in [-0.25, -0.2) is 9.55 Å². The second kappa shape index (κ2) is 3.40. The molecular formula is C9H13N3. The molecule has 1 rings (SSSR count). The normalized spacial score (nSPS) is 12.5. The summed E-state index contributed by atoms with van der Waals surface area (Å²) in [6.07, 6.45) is 4.86. The molecule has 1 heterocycles. The van der Waals surface area contributed by atoms with E-state index in [4.69, 9.17) is 5.26 Å². The molecule has 0 saturated heterocycles. The van der Waals surface area contributed by atoms with Crippen molar-refractivity contribution in [2.24, 2.45) is 0 Å². The molecular weight excluding hydrogens is 150 g/mol. The first kappa shape index (κ1) is 8.79. The maximum Gasteiger partial charge on any atom is 0.189 e. The molecule has 64 valence electrons. The van der Waals surface area contributed by atoms with E-state index < -0.39 is 0 Å². The molecule has 1 aromatic rings. The molecule has 0 aliphatic rings. The van der Waals surface area contributed by atoms with Gasteiger partial charge in [0, 0.05) is 12.1 Å². The highest BCUT2D eigenvalue weighted by atomic mass is 15.1.